The lowest BCUT2D eigenvalue weighted by Crippen LogP contribution is -2.60. The summed E-state index contributed by atoms with van der Waals surface area (Å²) in [5.74, 6) is -1.81. The number of nitrogens with zero attached hydrogens (tertiary/aromatic N) is 2. The van der Waals surface area contributed by atoms with Crippen LogP contribution in [0.25, 0.3) is 0 Å². The van der Waals surface area contributed by atoms with Crippen LogP contribution >= 0.6 is 0 Å². The molecule has 15 atom stereocenters. The molecule has 3 heterocycles. The smallest absolute Gasteiger partial charge is 0.311 e. The number of rotatable bonds is 6. The summed E-state index contributed by atoms with van der Waals surface area (Å²) < 4.78 is 37.2. The number of aliphatic hydroxyl groups is 3. The molecule has 3 fully saturated rings. The zero-order valence-electron chi connectivity index (χ0n) is 29.6. The molecule has 12 nitrogen and oxygen atoms in total. The van der Waals surface area contributed by atoms with Crippen LogP contribution in [0.3, 0.4) is 0 Å². The van der Waals surface area contributed by atoms with Gasteiger partial charge in [-0.15, -0.1) is 0 Å². The summed E-state index contributed by atoms with van der Waals surface area (Å²) in [7, 11) is 7.35. The Labute approximate surface area is 270 Å². The molecule has 0 amide bonds. The second-order valence-corrected chi connectivity index (χ2v) is 14.7. The third-order valence-corrected chi connectivity index (χ3v) is 10.5. The lowest BCUT2D eigenvalue weighted by atomic mass is 9.78. The molecule has 3 saturated heterocycles. The van der Waals surface area contributed by atoms with Crippen molar-refractivity contribution in [1.29, 1.82) is 0 Å². The molecule has 0 aromatic carbocycles. The molecule has 0 bridgehead atoms. The third-order valence-electron chi connectivity index (χ3n) is 10.5. The summed E-state index contributed by atoms with van der Waals surface area (Å²) in [6.07, 6.45) is -4.77. The molecular formula is C33H62N2O10. The van der Waals surface area contributed by atoms with Crippen LogP contribution in [0.5, 0.6) is 0 Å². The van der Waals surface area contributed by atoms with Gasteiger partial charge in [0.1, 0.15) is 18.3 Å². The molecule has 0 aromatic heterocycles. The number of hydrogen-bond donors (Lipinski definition) is 3. The SMILES string of the molecule is CO[C@]1(C)C[C@H](O[C@H]2[C@H](C)[C@@H](O[C@@H]3O[C@H](C)C[C@H](N(C)C)[C@H]3O)[C@](C)(O)C[C@@H](C)N(C)CC[C@@H](C)OC(=O)[C@@H]2C)O[C@@H](C)[C@@H]1O. The van der Waals surface area contributed by atoms with Gasteiger partial charge in [-0.1, -0.05) is 6.92 Å². The second kappa shape index (κ2) is 15.5. The summed E-state index contributed by atoms with van der Waals surface area (Å²) in [4.78, 5) is 17.7. The molecule has 3 aliphatic heterocycles. The van der Waals surface area contributed by atoms with Gasteiger partial charge in [0.2, 0.25) is 0 Å². The average molecular weight is 647 g/mol. The van der Waals surface area contributed by atoms with Crippen molar-refractivity contribution in [3.8, 4) is 0 Å². The highest BCUT2D eigenvalue weighted by atomic mass is 16.7. The van der Waals surface area contributed by atoms with Crippen molar-refractivity contribution in [1.82, 2.24) is 9.80 Å². The first kappa shape index (κ1) is 38.5. The Hall–Kier alpha value is -0.930. The zero-order valence-corrected chi connectivity index (χ0v) is 29.6. The topological polar surface area (TPSA) is 140 Å². The van der Waals surface area contributed by atoms with E-state index in [9.17, 15) is 20.1 Å². The lowest BCUT2D eigenvalue weighted by Gasteiger charge is -2.49. The molecule has 0 spiro atoms. The monoisotopic (exact) mass is 646 g/mol. The van der Waals surface area contributed by atoms with E-state index in [1.165, 1.54) is 7.11 Å². The standard InChI is InChI=1S/C33H62N2O10/c1-18-16-32(7,39)29(45-31-26(36)24(34(9)10)15-20(3)42-31)21(4)27(22(5)30(38)41-19(2)13-14-35(18)11)44-25-17-33(8,40-12)28(37)23(6)43-25/h18-29,31,36-37,39H,13-17H2,1-12H3/t18-,19-,20-,21+,22-,23+,24+,25+,26-,27+,28+,29-,31+,32-,33-/m1/s1. The molecule has 0 aliphatic carbocycles. The van der Waals surface area contributed by atoms with E-state index in [1.54, 1.807) is 27.7 Å². The maximum atomic E-state index is 13.6. The maximum Gasteiger partial charge on any atom is 0.311 e. The number of likely N-dealkylation sites (N-methyl/N-ethyl adjacent to an activating group) is 1. The van der Waals surface area contributed by atoms with E-state index in [0.29, 0.717) is 25.8 Å². The molecular weight excluding hydrogens is 584 g/mol. The number of carbonyl (C=O) groups excluding carboxylic acids is 1. The molecule has 264 valence electrons. The van der Waals surface area contributed by atoms with Gasteiger partial charge in [0.25, 0.3) is 0 Å². The van der Waals surface area contributed by atoms with Crippen molar-refractivity contribution in [2.45, 2.75) is 160 Å². The van der Waals surface area contributed by atoms with Crippen LogP contribution in [-0.2, 0) is 33.2 Å². The number of esters is 1. The summed E-state index contributed by atoms with van der Waals surface area (Å²) in [6, 6.07) is -0.257. The van der Waals surface area contributed by atoms with Crippen molar-refractivity contribution in [2.24, 2.45) is 11.8 Å². The molecule has 0 aromatic rings. The first-order chi connectivity index (χ1) is 20.8. The molecule has 0 saturated carbocycles. The fraction of sp³-hybridized carbons (Fsp3) is 0.970. The maximum absolute atomic E-state index is 13.6. The van der Waals surface area contributed by atoms with Crippen LogP contribution in [0.2, 0.25) is 0 Å². The van der Waals surface area contributed by atoms with Crippen LogP contribution in [0.1, 0.15) is 81.1 Å². The van der Waals surface area contributed by atoms with Crippen molar-refractivity contribution in [3.63, 3.8) is 0 Å². The molecule has 0 unspecified atom stereocenters. The van der Waals surface area contributed by atoms with Gasteiger partial charge in [-0.2, -0.15) is 0 Å². The van der Waals surface area contributed by atoms with Crippen molar-refractivity contribution >= 4 is 5.97 Å². The molecule has 45 heavy (non-hydrogen) atoms. The quantitative estimate of drug-likeness (QED) is 0.365. The van der Waals surface area contributed by atoms with Gasteiger partial charge in [0, 0.05) is 38.1 Å². The Balaban J connectivity index is 2.06. The zero-order chi connectivity index (χ0) is 34.0. The number of hydrogen-bond acceptors (Lipinski definition) is 12. The van der Waals surface area contributed by atoms with Gasteiger partial charge in [0.05, 0.1) is 41.5 Å². The fourth-order valence-electron chi connectivity index (χ4n) is 7.25. The minimum Gasteiger partial charge on any atom is -0.462 e. The average Bonchev–Trinajstić information content (AvgIpc) is 2.95. The van der Waals surface area contributed by atoms with Gasteiger partial charge in [0.15, 0.2) is 12.6 Å². The number of methoxy groups -OCH3 is 1. The summed E-state index contributed by atoms with van der Waals surface area (Å²) in [5.41, 5.74) is -2.36. The van der Waals surface area contributed by atoms with E-state index in [4.69, 9.17) is 28.4 Å². The number of ether oxygens (including phenoxy) is 6. The van der Waals surface area contributed by atoms with Crippen LogP contribution in [-0.4, -0.2) is 144 Å². The van der Waals surface area contributed by atoms with Gasteiger partial charge in [-0.3, -0.25) is 4.79 Å². The van der Waals surface area contributed by atoms with E-state index >= 15 is 0 Å². The largest absolute Gasteiger partial charge is 0.462 e. The molecule has 0 radical (unpaired) electrons. The summed E-state index contributed by atoms with van der Waals surface area (Å²) in [6.45, 7) is 15.5. The van der Waals surface area contributed by atoms with E-state index in [-0.39, 0.29) is 30.7 Å². The minimum atomic E-state index is -1.42. The number of cyclic esters (lactones) is 1. The highest BCUT2D eigenvalue weighted by Crippen LogP contribution is 2.39. The number of carbonyl (C=O) groups is 1. The predicted molar refractivity (Wildman–Crippen MR) is 168 cm³/mol. The van der Waals surface area contributed by atoms with E-state index in [2.05, 4.69) is 4.90 Å². The summed E-state index contributed by atoms with van der Waals surface area (Å²) >= 11 is 0. The Morgan fingerprint density at radius 3 is 2.22 bits per heavy atom. The molecule has 3 N–H and O–H groups in total. The Bertz CT molecular complexity index is 954. The van der Waals surface area contributed by atoms with E-state index in [1.807, 2.05) is 53.7 Å². The van der Waals surface area contributed by atoms with Crippen LogP contribution in [0.4, 0.5) is 0 Å². The molecule has 3 rings (SSSR count). The third kappa shape index (κ3) is 9.16. The Kier molecular flexibility index (Phi) is 13.3. The van der Waals surface area contributed by atoms with Gasteiger partial charge in [-0.25, -0.2) is 0 Å². The highest BCUT2D eigenvalue weighted by molar-refractivity contribution is 5.73. The Morgan fingerprint density at radius 2 is 1.62 bits per heavy atom. The van der Waals surface area contributed by atoms with Gasteiger partial charge < -0.3 is 53.5 Å². The Morgan fingerprint density at radius 1 is 0.978 bits per heavy atom. The predicted octanol–water partition coefficient (Wildman–Crippen LogP) is 2.15. The second-order valence-electron chi connectivity index (χ2n) is 14.7. The normalized spacial score (nSPS) is 48.3. The van der Waals surface area contributed by atoms with E-state index in [0.717, 1.165) is 0 Å². The van der Waals surface area contributed by atoms with Crippen LogP contribution in [0.15, 0.2) is 0 Å². The van der Waals surface area contributed by atoms with Crippen molar-refractivity contribution in [3.05, 3.63) is 0 Å². The highest BCUT2D eigenvalue weighted by Gasteiger charge is 2.51. The first-order valence-corrected chi connectivity index (χ1v) is 16.6. The van der Waals surface area contributed by atoms with Crippen LogP contribution in [0, 0.1) is 11.8 Å². The first-order valence-electron chi connectivity index (χ1n) is 16.6. The fourth-order valence-corrected chi connectivity index (χ4v) is 7.25. The molecule has 12 heteroatoms. The number of aliphatic hydroxyl groups excluding tert-OH is 2. The lowest BCUT2D eigenvalue weighted by molar-refractivity contribution is -0.317. The van der Waals surface area contributed by atoms with Gasteiger partial charge in [-0.05, 0) is 88.9 Å². The summed E-state index contributed by atoms with van der Waals surface area (Å²) in [5, 5.41) is 34.5. The van der Waals surface area contributed by atoms with E-state index < -0.39 is 72.1 Å². The van der Waals surface area contributed by atoms with Gasteiger partial charge >= 0.3 is 5.97 Å². The molecule has 3 aliphatic rings. The van der Waals surface area contributed by atoms with Crippen molar-refractivity contribution in [2.75, 3.05) is 34.8 Å². The van der Waals surface area contributed by atoms with Crippen LogP contribution < -0.4 is 0 Å². The minimum absolute atomic E-state index is 0.0455. The van der Waals surface area contributed by atoms with Crippen molar-refractivity contribution < 1.29 is 48.5 Å².